The van der Waals surface area contributed by atoms with Gasteiger partial charge in [-0.25, -0.2) is 0 Å². The predicted octanol–water partition coefficient (Wildman–Crippen LogP) is 2.69. The highest BCUT2D eigenvalue weighted by Gasteiger charge is 2.32. The summed E-state index contributed by atoms with van der Waals surface area (Å²) in [6, 6.07) is 6.61. The summed E-state index contributed by atoms with van der Waals surface area (Å²) in [5.41, 5.74) is 2.44. The molecule has 0 aliphatic carbocycles. The maximum atomic E-state index is 5.88. The van der Waals surface area contributed by atoms with Gasteiger partial charge in [0.2, 0.25) is 0 Å². The van der Waals surface area contributed by atoms with Gasteiger partial charge in [0.25, 0.3) is 0 Å². The fraction of sp³-hybridized carbons (Fsp3) is 0.600. The Morgan fingerprint density at radius 1 is 1.44 bits per heavy atom. The molecule has 1 saturated heterocycles. The van der Waals surface area contributed by atoms with Crippen molar-refractivity contribution in [2.24, 2.45) is 5.92 Å². The average Bonchev–Trinajstić information content (AvgIpc) is 2.77. The summed E-state index contributed by atoms with van der Waals surface area (Å²) in [6.07, 6.45) is 1.42. The summed E-state index contributed by atoms with van der Waals surface area (Å²) in [4.78, 5) is 0. The lowest BCUT2D eigenvalue weighted by Crippen LogP contribution is -2.32. The van der Waals surface area contributed by atoms with Crippen LogP contribution in [0.2, 0.25) is 0 Å². The van der Waals surface area contributed by atoms with Crippen molar-refractivity contribution in [2.75, 3.05) is 20.8 Å². The molecule has 0 aromatic heterocycles. The third-order valence-corrected chi connectivity index (χ3v) is 3.86. The first-order chi connectivity index (χ1) is 8.67. The molecule has 1 heterocycles. The molecule has 3 atom stereocenters. The predicted molar refractivity (Wildman–Crippen MR) is 73.1 cm³/mol. The minimum Gasteiger partial charge on any atom is -0.496 e. The molecule has 1 aliphatic heterocycles. The number of ether oxygens (including phenoxy) is 2. The Balaban J connectivity index is 2.24. The van der Waals surface area contributed by atoms with Crippen molar-refractivity contribution in [3.63, 3.8) is 0 Å². The maximum Gasteiger partial charge on any atom is 0.121 e. The van der Waals surface area contributed by atoms with E-state index in [4.69, 9.17) is 9.47 Å². The summed E-state index contributed by atoms with van der Waals surface area (Å²) >= 11 is 0. The summed E-state index contributed by atoms with van der Waals surface area (Å²) in [5.74, 6) is 1.54. The number of likely N-dealkylation sites (N-methyl/N-ethyl adjacent to an activating group) is 1. The van der Waals surface area contributed by atoms with Crippen LogP contribution in [0.4, 0.5) is 0 Å². The van der Waals surface area contributed by atoms with Gasteiger partial charge in [-0.15, -0.1) is 0 Å². The first-order valence-corrected chi connectivity index (χ1v) is 6.60. The molecule has 0 saturated carbocycles. The van der Waals surface area contributed by atoms with Gasteiger partial charge in [-0.1, -0.05) is 19.1 Å². The van der Waals surface area contributed by atoms with Gasteiger partial charge in [0.05, 0.1) is 19.3 Å². The zero-order chi connectivity index (χ0) is 13.1. The van der Waals surface area contributed by atoms with E-state index in [1.807, 2.05) is 13.1 Å². The quantitative estimate of drug-likeness (QED) is 0.890. The summed E-state index contributed by atoms with van der Waals surface area (Å²) in [7, 11) is 3.71. The van der Waals surface area contributed by atoms with Crippen LogP contribution in [0.5, 0.6) is 5.75 Å². The molecule has 0 bridgehead atoms. The third-order valence-electron chi connectivity index (χ3n) is 3.86. The molecule has 18 heavy (non-hydrogen) atoms. The van der Waals surface area contributed by atoms with Crippen molar-refractivity contribution in [3.8, 4) is 5.75 Å². The lowest BCUT2D eigenvalue weighted by atomic mass is 9.92. The highest BCUT2D eigenvalue weighted by atomic mass is 16.5. The molecule has 0 spiro atoms. The lowest BCUT2D eigenvalue weighted by Gasteiger charge is -2.26. The number of methoxy groups -OCH3 is 1. The molecule has 3 heteroatoms. The number of hydrogen-bond donors (Lipinski definition) is 1. The molecule has 1 aliphatic rings. The van der Waals surface area contributed by atoms with E-state index < -0.39 is 0 Å². The zero-order valence-corrected chi connectivity index (χ0v) is 11.7. The van der Waals surface area contributed by atoms with Crippen LogP contribution in [0.15, 0.2) is 18.2 Å². The first kappa shape index (κ1) is 13.4. The van der Waals surface area contributed by atoms with Crippen LogP contribution in [0, 0.1) is 12.8 Å². The van der Waals surface area contributed by atoms with Crippen LogP contribution in [0.3, 0.4) is 0 Å². The van der Waals surface area contributed by atoms with Crippen molar-refractivity contribution in [2.45, 2.75) is 32.4 Å². The number of nitrogens with one attached hydrogen (secondary N) is 1. The van der Waals surface area contributed by atoms with Gasteiger partial charge in [0.1, 0.15) is 5.75 Å². The second kappa shape index (κ2) is 5.72. The Hall–Kier alpha value is -1.06. The second-order valence-corrected chi connectivity index (χ2v) is 5.10. The Kier molecular flexibility index (Phi) is 4.25. The van der Waals surface area contributed by atoms with Gasteiger partial charge in [0.15, 0.2) is 0 Å². The number of hydrogen-bond acceptors (Lipinski definition) is 3. The van der Waals surface area contributed by atoms with Gasteiger partial charge < -0.3 is 14.8 Å². The van der Waals surface area contributed by atoms with E-state index in [0.29, 0.717) is 5.92 Å². The van der Waals surface area contributed by atoms with Gasteiger partial charge in [-0.05, 0) is 43.5 Å². The van der Waals surface area contributed by atoms with Crippen LogP contribution in [-0.4, -0.2) is 26.9 Å². The van der Waals surface area contributed by atoms with E-state index in [-0.39, 0.29) is 12.1 Å². The molecule has 3 nitrogen and oxygen atoms in total. The van der Waals surface area contributed by atoms with Crippen LogP contribution < -0.4 is 10.1 Å². The molecule has 1 N–H and O–H groups in total. The van der Waals surface area contributed by atoms with E-state index in [2.05, 4.69) is 31.3 Å². The summed E-state index contributed by atoms with van der Waals surface area (Å²) in [5, 5.41) is 3.39. The number of benzene rings is 1. The highest BCUT2D eigenvalue weighted by molar-refractivity contribution is 5.37. The van der Waals surface area contributed by atoms with Gasteiger partial charge in [0, 0.05) is 6.61 Å². The Labute approximate surface area is 109 Å². The van der Waals surface area contributed by atoms with Crippen molar-refractivity contribution >= 4 is 0 Å². The smallest absolute Gasteiger partial charge is 0.121 e. The molecule has 1 aromatic rings. The summed E-state index contributed by atoms with van der Waals surface area (Å²) < 4.78 is 11.2. The van der Waals surface area contributed by atoms with Crippen molar-refractivity contribution in [1.82, 2.24) is 5.32 Å². The molecular weight excluding hydrogens is 226 g/mol. The molecule has 2 rings (SSSR count). The largest absolute Gasteiger partial charge is 0.496 e. The Morgan fingerprint density at radius 2 is 2.22 bits per heavy atom. The standard InChI is InChI=1S/C15H23NO2/c1-10-7-8-18-15(10)14(16-3)12-5-6-13(17-4)11(2)9-12/h5-6,9-10,14-16H,7-8H2,1-4H3. The summed E-state index contributed by atoms with van der Waals surface area (Å²) in [6.45, 7) is 5.21. The van der Waals surface area contributed by atoms with Crippen molar-refractivity contribution in [3.05, 3.63) is 29.3 Å². The minimum atomic E-state index is 0.257. The van der Waals surface area contributed by atoms with Crippen LogP contribution in [-0.2, 0) is 4.74 Å². The zero-order valence-electron chi connectivity index (χ0n) is 11.7. The topological polar surface area (TPSA) is 30.5 Å². The van der Waals surface area contributed by atoms with E-state index >= 15 is 0 Å². The SMILES string of the molecule is CNC(c1ccc(OC)c(C)c1)C1OCCC1C. The third kappa shape index (κ3) is 2.52. The molecule has 1 fully saturated rings. The maximum absolute atomic E-state index is 5.88. The minimum absolute atomic E-state index is 0.257. The average molecular weight is 249 g/mol. The van der Waals surface area contributed by atoms with Gasteiger partial charge >= 0.3 is 0 Å². The Morgan fingerprint density at radius 3 is 2.72 bits per heavy atom. The van der Waals surface area contributed by atoms with Crippen LogP contribution >= 0.6 is 0 Å². The molecule has 3 unspecified atom stereocenters. The normalized spacial score (nSPS) is 25.1. The Bertz CT molecular complexity index is 405. The van der Waals surface area contributed by atoms with Crippen molar-refractivity contribution in [1.29, 1.82) is 0 Å². The van der Waals surface area contributed by atoms with Gasteiger partial charge in [-0.3, -0.25) is 0 Å². The fourth-order valence-corrected chi connectivity index (χ4v) is 2.76. The van der Waals surface area contributed by atoms with Crippen molar-refractivity contribution < 1.29 is 9.47 Å². The van der Waals surface area contributed by atoms with Gasteiger partial charge in [-0.2, -0.15) is 0 Å². The van der Waals surface area contributed by atoms with Crippen LogP contribution in [0.25, 0.3) is 0 Å². The van der Waals surface area contributed by atoms with E-state index in [1.54, 1.807) is 7.11 Å². The molecular formula is C15H23NO2. The number of aryl methyl sites for hydroxylation is 1. The lowest BCUT2D eigenvalue weighted by molar-refractivity contribution is 0.0631. The van der Waals surface area contributed by atoms with E-state index in [0.717, 1.165) is 18.8 Å². The molecule has 100 valence electrons. The van der Waals surface area contributed by atoms with E-state index in [1.165, 1.54) is 11.1 Å². The van der Waals surface area contributed by atoms with E-state index in [9.17, 15) is 0 Å². The highest BCUT2D eigenvalue weighted by Crippen LogP contribution is 2.32. The van der Waals surface area contributed by atoms with Crippen LogP contribution in [0.1, 0.15) is 30.5 Å². The fourth-order valence-electron chi connectivity index (χ4n) is 2.76. The monoisotopic (exact) mass is 249 g/mol. The molecule has 1 aromatic carbocycles. The molecule has 0 amide bonds. The first-order valence-electron chi connectivity index (χ1n) is 6.60. The number of rotatable bonds is 4. The molecule has 0 radical (unpaired) electrons. The second-order valence-electron chi connectivity index (χ2n) is 5.10.